The van der Waals surface area contributed by atoms with Crippen molar-refractivity contribution in [1.29, 1.82) is 0 Å². The van der Waals surface area contributed by atoms with Crippen molar-refractivity contribution in [1.82, 2.24) is 25.2 Å². The molecule has 1 N–H and O–H groups in total. The Bertz CT molecular complexity index is 1140. The molecule has 1 aromatic carbocycles. The van der Waals surface area contributed by atoms with Crippen LogP contribution in [-0.2, 0) is 11.2 Å². The fourth-order valence-electron chi connectivity index (χ4n) is 4.42. The van der Waals surface area contributed by atoms with Crippen LogP contribution in [0.3, 0.4) is 0 Å². The minimum absolute atomic E-state index is 0.156. The van der Waals surface area contributed by atoms with Crippen LogP contribution in [0.5, 0.6) is 5.75 Å². The summed E-state index contributed by atoms with van der Waals surface area (Å²) < 4.78 is 7.81. The molecule has 0 saturated carbocycles. The van der Waals surface area contributed by atoms with E-state index in [4.69, 9.17) is 16.3 Å². The average Bonchev–Trinajstić information content (AvgIpc) is 3.45. The molecule has 1 fully saturated rings. The monoisotopic (exact) mass is 474 g/mol. The highest BCUT2D eigenvalue weighted by atomic mass is 35.5. The Morgan fingerprint density at radius 2 is 2.09 bits per heavy atom. The van der Waals surface area contributed by atoms with Crippen molar-refractivity contribution in [3.05, 3.63) is 35.0 Å². The van der Waals surface area contributed by atoms with Gasteiger partial charge in [0.05, 0.1) is 6.20 Å². The molecule has 1 spiro atoms. The van der Waals surface area contributed by atoms with Crippen LogP contribution >= 0.6 is 22.9 Å². The molecule has 0 aliphatic carbocycles. The summed E-state index contributed by atoms with van der Waals surface area (Å²) in [6, 6.07) is 5.12. The van der Waals surface area contributed by atoms with E-state index in [0.29, 0.717) is 17.1 Å². The maximum atomic E-state index is 11.4. The second-order valence-electron chi connectivity index (χ2n) is 8.22. The van der Waals surface area contributed by atoms with E-state index < -0.39 is 12.0 Å². The first-order valence-electron chi connectivity index (χ1n) is 10.7. The molecule has 4 heterocycles. The lowest BCUT2D eigenvalue weighted by atomic mass is 9.83. The van der Waals surface area contributed by atoms with Gasteiger partial charge in [0.25, 0.3) is 0 Å². The highest BCUT2D eigenvalue weighted by Crippen LogP contribution is 2.42. The van der Waals surface area contributed by atoms with Crippen molar-refractivity contribution in [3.8, 4) is 16.5 Å². The number of ether oxygens (including phenoxy) is 1. The molecule has 9 nitrogen and oxygen atoms in total. The molecule has 1 atom stereocenters. The Hall–Kier alpha value is -2.72. The Balaban J connectivity index is 1.26. The molecule has 168 valence electrons. The van der Waals surface area contributed by atoms with E-state index >= 15 is 0 Å². The van der Waals surface area contributed by atoms with Crippen molar-refractivity contribution in [2.24, 2.45) is 0 Å². The molecule has 2 aliphatic rings. The molecule has 1 saturated heterocycles. The van der Waals surface area contributed by atoms with E-state index in [2.05, 4.69) is 25.4 Å². The number of halogens is 1. The molecular weight excluding hydrogens is 452 g/mol. The van der Waals surface area contributed by atoms with Gasteiger partial charge in [0.15, 0.2) is 11.0 Å². The molecule has 0 amide bonds. The molecule has 11 heteroatoms. The van der Waals surface area contributed by atoms with Crippen LogP contribution in [0.15, 0.2) is 24.4 Å². The van der Waals surface area contributed by atoms with Crippen molar-refractivity contribution < 1.29 is 14.6 Å². The second-order valence-corrected chi connectivity index (χ2v) is 9.59. The first kappa shape index (κ1) is 21.1. The molecular formula is C21H23ClN6O3S. The Morgan fingerprint density at radius 1 is 1.28 bits per heavy atom. The quantitative estimate of drug-likeness (QED) is 0.594. The lowest BCUT2D eigenvalue weighted by molar-refractivity contribution is -0.141. The summed E-state index contributed by atoms with van der Waals surface area (Å²) in [6.07, 6.45) is 5.75. The number of rotatable bonds is 5. The number of piperidine rings is 1. The number of aliphatic carboxylic acids is 1. The highest BCUT2D eigenvalue weighted by Gasteiger charge is 2.40. The summed E-state index contributed by atoms with van der Waals surface area (Å²) in [5.74, 6) is -0.0239. The standard InChI is InChI=1S/C21H23ClN6O3S/c1-2-16(19(29)30)28-12-15(23-26-28)18-24-25-20(32-18)27-10-8-21(9-11-27)7-6-13-14(22)4-3-5-17(13)31-21/h3-5,12,16H,2,6-11H2,1H3,(H,29,30). The zero-order valence-corrected chi connectivity index (χ0v) is 19.1. The lowest BCUT2D eigenvalue weighted by Crippen LogP contribution is -2.49. The summed E-state index contributed by atoms with van der Waals surface area (Å²) >= 11 is 7.77. The van der Waals surface area contributed by atoms with Crippen molar-refractivity contribution in [2.45, 2.75) is 50.7 Å². The third-order valence-electron chi connectivity index (χ3n) is 6.31. The maximum Gasteiger partial charge on any atom is 0.328 e. The number of nitrogens with zero attached hydrogens (tertiary/aromatic N) is 6. The first-order valence-corrected chi connectivity index (χ1v) is 11.9. The van der Waals surface area contributed by atoms with Gasteiger partial charge in [-0.25, -0.2) is 9.48 Å². The van der Waals surface area contributed by atoms with Gasteiger partial charge in [0, 0.05) is 36.5 Å². The Kier molecular flexibility index (Phi) is 5.50. The molecule has 2 aromatic heterocycles. The van der Waals surface area contributed by atoms with E-state index in [0.717, 1.165) is 60.2 Å². The summed E-state index contributed by atoms with van der Waals surface area (Å²) in [6.45, 7) is 3.46. The summed E-state index contributed by atoms with van der Waals surface area (Å²) in [5.41, 5.74) is 1.49. The van der Waals surface area contributed by atoms with Gasteiger partial charge in [0.2, 0.25) is 5.13 Å². The minimum Gasteiger partial charge on any atom is -0.487 e. The van der Waals surface area contributed by atoms with Gasteiger partial charge < -0.3 is 14.7 Å². The normalized spacial score (nSPS) is 18.2. The van der Waals surface area contributed by atoms with Gasteiger partial charge in [-0.1, -0.05) is 41.1 Å². The molecule has 0 radical (unpaired) electrons. The van der Waals surface area contributed by atoms with Crippen LogP contribution in [0, 0.1) is 0 Å². The molecule has 5 rings (SSSR count). The third kappa shape index (κ3) is 3.81. The van der Waals surface area contributed by atoms with E-state index in [1.54, 1.807) is 13.1 Å². The fraction of sp³-hybridized carbons (Fsp3) is 0.476. The number of benzene rings is 1. The van der Waals surface area contributed by atoms with E-state index in [-0.39, 0.29) is 5.60 Å². The summed E-state index contributed by atoms with van der Waals surface area (Å²) in [7, 11) is 0. The van der Waals surface area contributed by atoms with E-state index in [1.165, 1.54) is 16.0 Å². The second kappa shape index (κ2) is 8.32. The van der Waals surface area contributed by atoms with Crippen LogP contribution in [0.25, 0.3) is 10.7 Å². The molecule has 32 heavy (non-hydrogen) atoms. The topological polar surface area (TPSA) is 106 Å². The van der Waals surface area contributed by atoms with Crippen LogP contribution < -0.4 is 9.64 Å². The zero-order valence-electron chi connectivity index (χ0n) is 17.6. The van der Waals surface area contributed by atoms with E-state index in [1.807, 2.05) is 18.2 Å². The number of carboxylic acid groups (broad SMARTS) is 1. The van der Waals surface area contributed by atoms with Gasteiger partial charge in [-0.2, -0.15) is 0 Å². The van der Waals surface area contributed by atoms with Gasteiger partial charge in [-0.15, -0.1) is 15.3 Å². The molecule has 3 aromatic rings. The number of carboxylic acids is 1. The van der Waals surface area contributed by atoms with Crippen LogP contribution in [0.1, 0.15) is 44.2 Å². The summed E-state index contributed by atoms with van der Waals surface area (Å²) in [5, 5.41) is 28.2. The number of hydrogen-bond donors (Lipinski definition) is 1. The lowest BCUT2D eigenvalue weighted by Gasteiger charge is -2.44. The molecule has 0 bridgehead atoms. The van der Waals surface area contributed by atoms with Crippen molar-refractivity contribution in [2.75, 3.05) is 18.0 Å². The summed E-state index contributed by atoms with van der Waals surface area (Å²) in [4.78, 5) is 13.6. The number of carbonyl (C=O) groups is 1. The van der Waals surface area contributed by atoms with Crippen LogP contribution in [-0.4, -0.2) is 55.0 Å². The predicted molar refractivity (Wildman–Crippen MR) is 120 cm³/mol. The SMILES string of the molecule is CCC(C(=O)O)n1cc(-c2nnc(N3CCC4(CCc5c(Cl)cccc5O4)CC3)s2)nn1. The third-order valence-corrected chi connectivity index (χ3v) is 7.67. The smallest absolute Gasteiger partial charge is 0.328 e. The number of aromatic nitrogens is 5. The molecule has 1 unspecified atom stereocenters. The van der Waals surface area contributed by atoms with Crippen molar-refractivity contribution in [3.63, 3.8) is 0 Å². The Labute approximate surface area is 194 Å². The largest absolute Gasteiger partial charge is 0.487 e. The fourth-order valence-corrected chi connectivity index (χ4v) is 5.53. The number of anilines is 1. The van der Waals surface area contributed by atoms with Gasteiger partial charge >= 0.3 is 5.97 Å². The predicted octanol–water partition coefficient (Wildman–Crippen LogP) is 3.85. The zero-order chi connectivity index (χ0) is 22.3. The van der Waals surface area contributed by atoms with Crippen molar-refractivity contribution >= 4 is 34.0 Å². The number of hydrogen-bond acceptors (Lipinski definition) is 8. The average molecular weight is 475 g/mol. The van der Waals surface area contributed by atoms with Gasteiger partial charge in [-0.3, -0.25) is 0 Å². The van der Waals surface area contributed by atoms with Crippen LogP contribution in [0.4, 0.5) is 5.13 Å². The maximum absolute atomic E-state index is 11.4. The minimum atomic E-state index is -0.932. The van der Waals surface area contributed by atoms with E-state index in [9.17, 15) is 9.90 Å². The number of fused-ring (bicyclic) bond motifs is 1. The van der Waals surface area contributed by atoms with Crippen LogP contribution in [0.2, 0.25) is 5.02 Å². The first-order chi connectivity index (χ1) is 15.5. The molecule has 2 aliphatic heterocycles. The van der Waals surface area contributed by atoms with Gasteiger partial charge in [-0.05, 0) is 31.4 Å². The Morgan fingerprint density at radius 3 is 2.84 bits per heavy atom. The van der Waals surface area contributed by atoms with Gasteiger partial charge in [0.1, 0.15) is 17.0 Å². The highest BCUT2D eigenvalue weighted by molar-refractivity contribution is 7.18.